The van der Waals surface area contributed by atoms with Crippen molar-refractivity contribution in [2.75, 3.05) is 18.4 Å². The number of fused-ring (bicyclic) bond motifs is 1. The summed E-state index contributed by atoms with van der Waals surface area (Å²) in [7, 11) is 0. The van der Waals surface area contributed by atoms with Gasteiger partial charge < -0.3 is 16.4 Å². The number of hydrogen-bond donors (Lipinski definition) is 3. The maximum Gasteiger partial charge on any atom is 0.251 e. The van der Waals surface area contributed by atoms with Crippen LogP contribution < -0.4 is 16.4 Å². The number of unbranched alkanes of at least 4 members (excludes halogenated alkanes) is 3. The van der Waals surface area contributed by atoms with Crippen molar-refractivity contribution in [3.8, 4) is 22.5 Å². The number of hydrogen-bond acceptors (Lipinski definition) is 5. The first kappa shape index (κ1) is 23.1. The van der Waals surface area contributed by atoms with E-state index in [-0.39, 0.29) is 5.91 Å². The lowest BCUT2D eigenvalue weighted by atomic mass is 10.1. The molecule has 0 atom stereocenters. The highest BCUT2D eigenvalue weighted by Gasteiger charge is 2.23. The van der Waals surface area contributed by atoms with Crippen LogP contribution in [0.5, 0.6) is 0 Å². The zero-order valence-electron chi connectivity index (χ0n) is 19.9. The maximum absolute atomic E-state index is 12.4. The van der Waals surface area contributed by atoms with Gasteiger partial charge in [0.1, 0.15) is 0 Å². The molecule has 1 amide bonds. The highest BCUT2D eigenvalue weighted by molar-refractivity contribution is 5.95. The van der Waals surface area contributed by atoms with Gasteiger partial charge in [0.15, 0.2) is 11.5 Å². The van der Waals surface area contributed by atoms with Gasteiger partial charge in [-0.3, -0.25) is 9.20 Å². The number of imidazole rings is 1. The van der Waals surface area contributed by atoms with E-state index < -0.39 is 0 Å². The van der Waals surface area contributed by atoms with Gasteiger partial charge >= 0.3 is 0 Å². The number of carbonyl (C=O) groups is 1. The van der Waals surface area contributed by atoms with Crippen molar-refractivity contribution >= 4 is 17.4 Å². The number of rotatable bonds is 11. The number of nitrogens with two attached hydrogens (primary N) is 1. The molecule has 35 heavy (non-hydrogen) atoms. The zero-order chi connectivity index (χ0) is 24.0. The number of anilines is 1. The molecule has 0 saturated heterocycles. The minimum Gasteiger partial charge on any atom is -0.367 e. The summed E-state index contributed by atoms with van der Waals surface area (Å²) in [4.78, 5) is 22.0. The van der Waals surface area contributed by atoms with Gasteiger partial charge in [0, 0.05) is 35.5 Å². The Morgan fingerprint density at radius 2 is 1.74 bits per heavy atom. The lowest BCUT2D eigenvalue weighted by Gasteiger charge is -2.12. The largest absolute Gasteiger partial charge is 0.367 e. The van der Waals surface area contributed by atoms with Gasteiger partial charge in [-0.1, -0.05) is 55.3 Å². The van der Waals surface area contributed by atoms with Crippen molar-refractivity contribution in [3.63, 3.8) is 0 Å². The SMILES string of the molecule is NCCCCCCNc1nc(-c2ccccc2)cn2c(-c3ccc(C(=O)NC4CC4)cc3)cnc12. The van der Waals surface area contributed by atoms with Crippen LogP contribution in [0.4, 0.5) is 5.82 Å². The first-order valence-corrected chi connectivity index (χ1v) is 12.5. The molecule has 2 heterocycles. The molecule has 1 saturated carbocycles. The van der Waals surface area contributed by atoms with Crippen molar-refractivity contribution < 1.29 is 4.79 Å². The van der Waals surface area contributed by atoms with Crippen LogP contribution in [0.15, 0.2) is 67.0 Å². The summed E-state index contributed by atoms with van der Waals surface area (Å²) in [6.45, 7) is 1.58. The first-order valence-electron chi connectivity index (χ1n) is 12.5. The molecule has 7 nitrogen and oxygen atoms in total. The second-order valence-electron chi connectivity index (χ2n) is 9.13. The standard InChI is InChI=1S/C28H32N6O/c29-16-6-1-2-7-17-30-26-27-31-18-25(34(27)19-24(33-26)20-8-4-3-5-9-20)21-10-12-22(13-11-21)28(35)32-23-14-15-23/h3-5,8-13,18-19,23H,1-2,6-7,14-17,29H2,(H,30,33)(H,32,35). The average molecular weight is 469 g/mol. The number of amides is 1. The van der Waals surface area contributed by atoms with E-state index in [0.717, 1.165) is 85.6 Å². The summed E-state index contributed by atoms with van der Waals surface area (Å²) in [6, 6.07) is 18.2. The minimum atomic E-state index is -0.00861. The Kier molecular flexibility index (Phi) is 7.04. The summed E-state index contributed by atoms with van der Waals surface area (Å²) in [5.41, 5.74) is 11.0. The quantitative estimate of drug-likeness (QED) is 0.272. The monoisotopic (exact) mass is 468 g/mol. The van der Waals surface area contributed by atoms with Crippen molar-refractivity contribution in [2.24, 2.45) is 5.73 Å². The van der Waals surface area contributed by atoms with Gasteiger partial charge in [0.25, 0.3) is 5.91 Å². The third-order valence-corrected chi connectivity index (χ3v) is 6.34. The molecule has 0 unspecified atom stereocenters. The van der Waals surface area contributed by atoms with Crippen LogP contribution in [0.1, 0.15) is 48.9 Å². The summed E-state index contributed by atoms with van der Waals surface area (Å²) in [5, 5.41) is 6.55. The van der Waals surface area contributed by atoms with Crippen LogP contribution >= 0.6 is 0 Å². The van der Waals surface area contributed by atoms with Crippen LogP contribution in [0.25, 0.3) is 28.2 Å². The Labute approximate surface area is 205 Å². The molecular formula is C28H32N6O. The topological polar surface area (TPSA) is 97.3 Å². The molecule has 0 spiro atoms. The lowest BCUT2D eigenvalue weighted by molar-refractivity contribution is 0.0951. The molecule has 2 aromatic carbocycles. The lowest BCUT2D eigenvalue weighted by Crippen LogP contribution is -2.25. The fourth-order valence-electron chi connectivity index (χ4n) is 4.19. The van der Waals surface area contributed by atoms with Crippen molar-refractivity contribution in [1.82, 2.24) is 19.7 Å². The van der Waals surface area contributed by atoms with Crippen LogP contribution in [0.2, 0.25) is 0 Å². The van der Waals surface area contributed by atoms with Gasteiger partial charge in [-0.25, -0.2) is 9.97 Å². The first-order chi connectivity index (χ1) is 17.2. The van der Waals surface area contributed by atoms with Gasteiger partial charge in [-0.15, -0.1) is 0 Å². The molecule has 7 heteroatoms. The summed E-state index contributed by atoms with van der Waals surface area (Å²) in [5.74, 6) is 0.766. The number of aromatic nitrogens is 3. The van der Waals surface area contributed by atoms with E-state index in [9.17, 15) is 4.79 Å². The van der Waals surface area contributed by atoms with E-state index >= 15 is 0 Å². The number of carbonyl (C=O) groups excluding carboxylic acids is 1. The Hall–Kier alpha value is -3.71. The fourth-order valence-corrected chi connectivity index (χ4v) is 4.19. The Balaban J connectivity index is 1.44. The molecule has 0 radical (unpaired) electrons. The van der Waals surface area contributed by atoms with Gasteiger partial charge in [-0.2, -0.15) is 0 Å². The Morgan fingerprint density at radius 1 is 0.971 bits per heavy atom. The Morgan fingerprint density at radius 3 is 2.49 bits per heavy atom. The minimum absolute atomic E-state index is 0.00861. The van der Waals surface area contributed by atoms with E-state index in [1.54, 1.807) is 0 Å². The van der Waals surface area contributed by atoms with Gasteiger partial charge in [0.2, 0.25) is 0 Å². The smallest absolute Gasteiger partial charge is 0.251 e. The van der Waals surface area contributed by atoms with E-state index in [0.29, 0.717) is 11.6 Å². The molecule has 4 N–H and O–H groups in total. The Bertz CT molecular complexity index is 1280. The molecule has 1 aliphatic rings. The van der Waals surface area contributed by atoms with E-state index in [1.807, 2.05) is 54.9 Å². The van der Waals surface area contributed by atoms with Crippen LogP contribution in [0.3, 0.4) is 0 Å². The molecular weight excluding hydrogens is 436 g/mol. The van der Waals surface area contributed by atoms with Crippen molar-refractivity contribution in [2.45, 2.75) is 44.6 Å². The van der Waals surface area contributed by atoms with Gasteiger partial charge in [0.05, 0.1) is 17.6 Å². The molecule has 5 rings (SSSR count). The van der Waals surface area contributed by atoms with Crippen molar-refractivity contribution in [1.29, 1.82) is 0 Å². The van der Waals surface area contributed by atoms with Crippen molar-refractivity contribution in [3.05, 3.63) is 72.6 Å². The maximum atomic E-state index is 12.4. The highest BCUT2D eigenvalue weighted by atomic mass is 16.1. The second kappa shape index (κ2) is 10.7. The molecule has 0 aliphatic heterocycles. The van der Waals surface area contributed by atoms with E-state index in [4.69, 9.17) is 15.7 Å². The molecule has 2 aromatic heterocycles. The average Bonchev–Trinajstić information content (AvgIpc) is 3.61. The second-order valence-corrected chi connectivity index (χ2v) is 9.13. The predicted molar refractivity (Wildman–Crippen MR) is 140 cm³/mol. The van der Waals surface area contributed by atoms with E-state index in [1.165, 1.54) is 0 Å². The summed E-state index contributed by atoms with van der Waals surface area (Å²) in [6.07, 6.45) is 10.5. The van der Waals surface area contributed by atoms with Crippen LogP contribution in [0, 0.1) is 0 Å². The fraction of sp³-hybridized carbons (Fsp3) is 0.321. The number of benzene rings is 2. The predicted octanol–water partition coefficient (Wildman–Crippen LogP) is 4.89. The molecule has 1 aliphatic carbocycles. The molecule has 0 bridgehead atoms. The van der Waals surface area contributed by atoms with Gasteiger partial charge in [-0.05, 0) is 44.4 Å². The third-order valence-electron chi connectivity index (χ3n) is 6.34. The normalized spacial score (nSPS) is 13.2. The molecule has 1 fully saturated rings. The number of nitrogens with one attached hydrogen (secondary N) is 2. The van der Waals surface area contributed by atoms with E-state index in [2.05, 4.69) is 27.2 Å². The highest BCUT2D eigenvalue weighted by Crippen LogP contribution is 2.28. The number of nitrogens with zero attached hydrogens (tertiary/aromatic N) is 3. The molecule has 4 aromatic rings. The van der Waals surface area contributed by atoms with Crippen LogP contribution in [-0.4, -0.2) is 39.4 Å². The summed E-state index contributed by atoms with van der Waals surface area (Å²) < 4.78 is 2.09. The molecule has 180 valence electrons. The summed E-state index contributed by atoms with van der Waals surface area (Å²) >= 11 is 0. The van der Waals surface area contributed by atoms with Crippen LogP contribution in [-0.2, 0) is 0 Å². The zero-order valence-corrected chi connectivity index (χ0v) is 19.9. The third kappa shape index (κ3) is 5.52.